The summed E-state index contributed by atoms with van der Waals surface area (Å²) in [6.45, 7) is 3.60. The van der Waals surface area contributed by atoms with Gasteiger partial charge in [-0.1, -0.05) is 29.8 Å². The minimum absolute atomic E-state index is 0.263. The first-order valence-electron chi connectivity index (χ1n) is 10.4. The van der Waals surface area contributed by atoms with Crippen LogP contribution in [0.15, 0.2) is 77.9 Å². The van der Waals surface area contributed by atoms with E-state index in [0.717, 1.165) is 11.1 Å². The number of carbonyl (C=O) groups is 3. The second-order valence-corrected chi connectivity index (χ2v) is 7.40. The number of hydrogen-bond donors (Lipinski definition) is 2. The van der Waals surface area contributed by atoms with Gasteiger partial charge in [0.25, 0.3) is 0 Å². The molecule has 0 aliphatic rings. The van der Waals surface area contributed by atoms with Gasteiger partial charge in [0.1, 0.15) is 5.75 Å². The predicted octanol–water partition coefficient (Wildman–Crippen LogP) is 3.76. The Bertz CT molecular complexity index is 1260. The molecule has 0 aliphatic heterocycles. The number of hydrazone groups is 1. The Hall–Kier alpha value is -4.77. The summed E-state index contributed by atoms with van der Waals surface area (Å²) < 4.78 is 5.36. The van der Waals surface area contributed by atoms with Gasteiger partial charge in [0.15, 0.2) is 0 Å². The quantitative estimate of drug-likeness (QED) is 0.193. The van der Waals surface area contributed by atoms with Crippen LogP contribution in [0.2, 0.25) is 0 Å². The molecule has 34 heavy (non-hydrogen) atoms. The van der Waals surface area contributed by atoms with Crippen LogP contribution in [-0.2, 0) is 16.0 Å². The Morgan fingerprint density at radius 2 is 1.50 bits per heavy atom. The molecule has 3 rings (SSSR count). The molecule has 0 aliphatic carbocycles. The number of nitrogens with zero attached hydrogens (tertiary/aromatic N) is 2. The fourth-order valence-corrected chi connectivity index (χ4v) is 2.85. The number of hydrogen-bond acceptors (Lipinski definition) is 6. The lowest BCUT2D eigenvalue weighted by Crippen LogP contribution is -2.32. The molecule has 8 heteroatoms. The molecule has 2 amide bonds. The van der Waals surface area contributed by atoms with Crippen molar-refractivity contribution in [2.75, 3.05) is 5.32 Å². The summed E-state index contributed by atoms with van der Waals surface area (Å²) in [7, 11) is 0. The number of aryl methyl sites for hydroxylation is 1. The lowest BCUT2D eigenvalue weighted by atomic mass is 10.1. The zero-order valence-corrected chi connectivity index (χ0v) is 18.7. The highest BCUT2D eigenvalue weighted by Crippen LogP contribution is 2.15. The SMILES string of the molecule is C/C(=N\NC(=O)C(=O)Nc1ccc(CC#N)cc1)c1ccc(OC(=O)c2ccc(C)cc2)cc1. The van der Waals surface area contributed by atoms with E-state index < -0.39 is 17.8 Å². The van der Waals surface area contributed by atoms with E-state index in [-0.39, 0.29) is 6.42 Å². The summed E-state index contributed by atoms with van der Waals surface area (Å²) >= 11 is 0. The Kier molecular flexibility index (Phi) is 7.87. The van der Waals surface area contributed by atoms with E-state index in [1.54, 1.807) is 67.6 Å². The van der Waals surface area contributed by atoms with Crippen LogP contribution in [0.1, 0.15) is 34.0 Å². The number of carbonyl (C=O) groups excluding carboxylic acids is 3. The Morgan fingerprint density at radius 1 is 0.882 bits per heavy atom. The summed E-state index contributed by atoms with van der Waals surface area (Å²) in [5, 5.41) is 15.1. The van der Waals surface area contributed by atoms with Crippen LogP contribution in [0.4, 0.5) is 5.69 Å². The Labute approximate surface area is 196 Å². The van der Waals surface area contributed by atoms with Gasteiger partial charge in [-0.05, 0) is 73.5 Å². The molecule has 8 nitrogen and oxygen atoms in total. The topological polar surface area (TPSA) is 121 Å². The highest BCUT2D eigenvalue weighted by molar-refractivity contribution is 6.39. The summed E-state index contributed by atoms with van der Waals surface area (Å²) in [5.74, 6) is -1.89. The van der Waals surface area contributed by atoms with Crippen molar-refractivity contribution in [1.82, 2.24) is 5.43 Å². The third-order valence-corrected chi connectivity index (χ3v) is 4.80. The van der Waals surface area contributed by atoms with Gasteiger partial charge in [0, 0.05) is 5.69 Å². The monoisotopic (exact) mass is 454 g/mol. The molecule has 0 unspecified atom stereocenters. The molecular weight excluding hydrogens is 432 g/mol. The summed E-state index contributed by atoms with van der Waals surface area (Å²) in [6.07, 6.45) is 0.263. The van der Waals surface area contributed by atoms with Crippen molar-refractivity contribution in [3.63, 3.8) is 0 Å². The fraction of sp³-hybridized carbons (Fsp3) is 0.115. The van der Waals surface area contributed by atoms with Crippen molar-refractivity contribution in [1.29, 1.82) is 5.26 Å². The number of benzene rings is 3. The average molecular weight is 454 g/mol. The van der Waals surface area contributed by atoms with Gasteiger partial charge in [-0.15, -0.1) is 0 Å². The third kappa shape index (κ3) is 6.61. The summed E-state index contributed by atoms with van der Waals surface area (Å²) in [6, 6.07) is 22.3. The number of esters is 1. The van der Waals surface area contributed by atoms with Gasteiger partial charge in [0.05, 0.1) is 23.8 Å². The van der Waals surface area contributed by atoms with Gasteiger partial charge in [-0.25, -0.2) is 10.2 Å². The molecule has 0 saturated heterocycles. The highest BCUT2D eigenvalue weighted by Gasteiger charge is 2.14. The third-order valence-electron chi connectivity index (χ3n) is 4.80. The van der Waals surface area contributed by atoms with Gasteiger partial charge in [-0.3, -0.25) is 9.59 Å². The number of anilines is 1. The maximum Gasteiger partial charge on any atom is 0.343 e. The van der Waals surface area contributed by atoms with E-state index in [1.807, 2.05) is 25.1 Å². The van der Waals surface area contributed by atoms with Crippen LogP contribution in [0.5, 0.6) is 5.75 Å². The van der Waals surface area contributed by atoms with Crippen LogP contribution in [-0.4, -0.2) is 23.5 Å². The van der Waals surface area contributed by atoms with Crippen molar-refractivity contribution in [2.24, 2.45) is 5.10 Å². The molecule has 3 aromatic carbocycles. The van der Waals surface area contributed by atoms with E-state index in [0.29, 0.717) is 28.3 Å². The molecule has 0 saturated carbocycles. The normalized spacial score (nSPS) is 10.7. The van der Waals surface area contributed by atoms with Crippen molar-refractivity contribution < 1.29 is 19.1 Å². The largest absolute Gasteiger partial charge is 0.423 e. The molecule has 0 bridgehead atoms. The van der Waals surface area contributed by atoms with Crippen LogP contribution >= 0.6 is 0 Å². The molecule has 0 aromatic heterocycles. The number of ether oxygens (including phenoxy) is 1. The number of rotatable bonds is 6. The van der Waals surface area contributed by atoms with Crippen LogP contribution in [0, 0.1) is 18.3 Å². The van der Waals surface area contributed by atoms with Crippen molar-refractivity contribution in [3.8, 4) is 11.8 Å². The van der Waals surface area contributed by atoms with Gasteiger partial charge in [-0.2, -0.15) is 10.4 Å². The highest BCUT2D eigenvalue weighted by atomic mass is 16.5. The maximum absolute atomic E-state index is 12.2. The molecule has 0 atom stereocenters. The average Bonchev–Trinajstić information content (AvgIpc) is 2.84. The van der Waals surface area contributed by atoms with E-state index >= 15 is 0 Å². The van der Waals surface area contributed by atoms with Crippen molar-refractivity contribution in [2.45, 2.75) is 20.3 Å². The summed E-state index contributed by atoms with van der Waals surface area (Å²) in [4.78, 5) is 36.3. The smallest absolute Gasteiger partial charge is 0.343 e. The molecule has 0 spiro atoms. The lowest BCUT2D eigenvalue weighted by molar-refractivity contribution is -0.136. The molecule has 3 aromatic rings. The molecule has 2 N–H and O–H groups in total. The maximum atomic E-state index is 12.2. The van der Waals surface area contributed by atoms with E-state index in [2.05, 4.69) is 15.8 Å². The number of nitriles is 1. The summed E-state index contributed by atoms with van der Waals surface area (Å²) in [5.41, 5.74) is 6.07. The molecule has 0 radical (unpaired) electrons. The van der Waals surface area contributed by atoms with Gasteiger partial charge < -0.3 is 10.1 Å². The zero-order valence-electron chi connectivity index (χ0n) is 18.7. The molecule has 0 fully saturated rings. The second-order valence-electron chi connectivity index (χ2n) is 7.40. The lowest BCUT2D eigenvalue weighted by Gasteiger charge is -2.07. The fourth-order valence-electron chi connectivity index (χ4n) is 2.85. The molecule has 170 valence electrons. The number of nitrogens with one attached hydrogen (secondary N) is 2. The first-order valence-corrected chi connectivity index (χ1v) is 10.4. The van der Waals surface area contributed by atoms with Crippen molar-refractivity contribution >= 4 is 29.2 Å². The zero-order chi connectivity index (χ0) is 24.5. The minimum atomic E-state index is -0.927. The van der Waals surface area contributed by atoms with Crippen molar-refractivity contribution in [3.05, 3.63) is 95.1 Å². The van der Waals surface area contributed by atoms with Gasteiger partial charge in [0.2, 0.25) is 0 Å². The van der Waals surface area contributed by atoms with Crippen LogP contribution < -0.4 is 15.5 Å². The standard InChI is InChI=1S/C26H22N4O4/c1-17-3-7-21(8-4-17)26(33)34-23-13-9-20(10-14-23)18(2)29-30-25(32)24(31)28-22-11-5-19(6-12-22)15-16-27/h3-14H,15H2,1-2H3,(H,28,31)(H,30,32)/b29-18+. The molecule has 0 heterocycles. The predicted molar refractivity (Wildman–Crippen MR) is 127 cm³/mol. The van der Waals surface area contributed by atoms with E-state index in [9.17, 15) is 14.4 Å². The first-order chi connectivity index (χ1) is 16.4. The Balaban J connectivity index is 1.54. The van der Waals surface area contributed by atoms with Gasteiger partial charge >= 0.3 is 17.8 Å². The molecular formula is C26H22N4O4. The van der Waals surface area contributed by atoms with E-state index in [4.69, 9.17) is 10.00 Å². The number of amides is 2. The first kappa shape index (κ1) is 23.9. The van der Waals surface area contributed by atoms with Crippen LogP contribution in [0.25, 0.3) is 0 Å². The van der Waals surface area contributed by atoms with Crippen LogP contribution in [0.3, 0.4) is 0 Å². The minimum Gasteiger partial charge on any atom is -0.423 e. The Morgan fingerprint density at radius 3 is 2.12 bits per heavy atom. The second kappa shape index (κ2) is 11.2. The van der Waals surface area contributed by atoms with E-state index in [1.165, 1.54) is 0 Å².